The van der Waals surface area contributed by atoms with Gasteiger partial charge in [-0.1, -0.05) is 12.1 Å². The van der Waals surface area contributed by atoms with Gasteiger partial charge in [0.1, 0.15) is 21.8 Å². The molecular formula is C15H12O8S. The molecule has 0 aromatic heterocycles. The highest BCUT2D eigenvalue weighted by molar-refractivity contribution is 7.87. The first-order chi connectivity index (χ1) is 11.3. The molecule has 0 spiro atoms. The molecule has 9 heteroatoms. The van der Waals surface area contributed by atoms with Crippen LogP contribution in [0.5, 0.6) is 11.5 Å². The number of carboxylic acids is 1. The van der Waals surface area contributed by atoms with E-state index >= 15 is 0 Å². The molecule has 0 bridgehead atoms. The van der Waals surface area contributed by atoms with Crippen LogP contribution in [0.2, 0.25) is 0 Å². The number of carboxylic acid groups (broad SMARTS) is 1. The number of esters is 1. The predicted octanol–water partition coefficient (Wildman–Crippen LogP) is 1.64. The highest BCUT2D eigenvalue weighted by Crippen LogP contribution is 2.26. The average molecular weight is 352 g/mol. The third-order valence-corrected chi connectivity index (χ3v) is 4.21. The fourth-order valence-corrected chi connectivity index (χ4v) is 2.80. The van der Waals surface area contributed by atoms with Crippen LogP contribution in [0.4, 0.5) is 0 Å². The molecule has 0 saturated heterocycles. The minimum atomic E-state index is -4.43. The van der Waals surface area contributed by atoms with E-state index in [2.05, 4.69) is 4.74 Å². The Balaban J connectivity index is 2.45. The normalized spacial score (nSPS) is 10.9. The van der Waals surface area contributed by atoms with Gasteiger partial charge in [-0.3, -0.25) is 0 Å². The Hall–Kier alpha value is -3.07. The number of methoxy groups -OCH3 is 1. The van der Waals surface area contributed by atoms with Gasteiger partial charge < -0.3 is 19.1 Å². The summed E-state index contributed by atoms with van der Waals surface area (Å²) < 4.78 is 34.1. The molecule has 2 rings (SSSR count). The van der Waals surface area contributed by atoms with Crippen LogP contribution in [0.3, 0.4) is 0 Å². The van der Waals surface area contributed by atoms with E-state index in [1.165, 1.54) is 24.3 Å². The van der Waals surface area contributed by atoms with Crippen LogP contribution in [0.15, 0.2) is 47.4 Å². The van der Waals surface area contributed by atoms with Crippen LogP contribution in [-0.2, 0) is 14.9 Å². The Bertz CT molecular complexity index is 901. The molecule has 0 fully saturated rings. The van der Waals surface area contributed by atoms with E-state index in [1.807, 2.05) is 0 Å². The van der Waals surface area contributed by atoms with Crippen LogP contribution < -0.4 is 4.18 Å². The summed E-state index contributed by atoms with van der Waals surface area (Å²) in [4.78, 5) is 22.1. The van der Waals surface area contributed by atoms with Crippen LogP contribution in [0.1, 0.15) is 20.7 Å². The molecular weight excluding hydrogens is 340 g/mol. The summed E-state index contributed by atoms with van der Waals surface area (Å²) in [6.45, 7) is 0. The Kier molecular flexibility index (Phi) is 4.74. The molecule has 0 unspecified atom stereocenters. The van der Waals surface area contributed by atoms with E-state index in [9.17, 15) is 23.1 Å². The molecule has 8 nitrogen and oxygen atoms in total. The zero-order valence-corrected chi connectivity index (χ0v) is 13.1. The van der Waals surface area contributed by atoms with Crippen molar-refractivity contribution < 1.29 is 37.1 Å². The van der Waals surface area contributed by atoms with Gasteiger partial charge in [-0.15, -0.1) is 0 Å². The largest absolute Gasteiger partial charge is 0.507 e. The summed E-state index contributed by atoms with van der Waals surface area (Å²) in [6, 6.07) is 8.18. The lowest BCUT2D eigenvalue weighted by atomic mass is 10.2. The first-order valence-corrected chi connectivity index (χ1v) is 7.85. The fourth-order valence-electron chi connectivity index (χ4n) is 1.83. The third-order valence-electron chi connectivity index (χ3n) is 2.98. The molecule has 126 valence electrons. The molecule has 2 N–H and O–H groups in total. The lowest BCUT2D eigenvalue weighted by molar-refractivity contribution is 0.0598. The van der Waals surface area contributed by atoms with Gasteiger partial charge in [0.05, 0.1) is 7.11 Å². The minimum absolute atomic E-state index is 0.110. The topological polar surface area (TPSA) is 127 Å². The Morgan fingerprint density at radius 3 is 2.33 bits per heavy atom. The van der Waals surface area contributed by atoms with E-state index in [-0.39, 0.29) is 11.3 Å². The van der Waals surface area contributed by atoms with Crippen LogP contribution in [-0.4, -0.2) is 37.7 Å². The molecule has 0 radical (unpaired) electrons. The quantitative estimate of drug-likeness (QED) is 0.614. The first-order valence-electron chi connectivity index (χ1n) is 6.44. The maximum Gasteiger partial charge on any atom is 0.341 e. The number of phenols is 1. The first kappa shape index (κ1) is 17.3. The summed E-state index contributed by atoms with van der Waals surface area (Å²) in [5, 5.41) is 18.4. The zero-order chi connectivity index (χ0) is 17.9. The van der Waals surface area contributed by atoms with E-state index < -0.39 is 38.3 Å². The van der Waals surface area contributed by atoms with Gasteiger partial charge in [-0.2, -0.15) is 8.42 Å². The van der Waals surface area contributed by atoms with Gasteiger partial charge in [0.25, 0.3) is 0 Å². The average Bonchev–Trinajstić information content (AvgIpc) is 2.54. The molecule has 0 saturated carbocycles. The van der Waals surface area contributed by atoms with Crippen molar-refractivity contribution in [1.82, 2.24) is 0 Å². The second-order valence-electron chi connectivity index (χ2n) is 4.51. The number of benzene rings is 2. The monoisotopic (exact) mass is 352 g/mol. The van der Waals surface area contributed by atoms with E-state index in [1.54, 1.807) is 0 Å². The number of ether oxygens (including phenoxy) is 1. The summed E-state index contributed by atoms with van der Waals surface area (Å²) in [5.41, 5.74) is -0.707. The van der Waals surface area contributed by atoms with Crippen molar-refractivity contribution in [2.75, 3.05) is 7.11 Å². The van der Waals surface area contributed by atoms with Crippen molar-refractivity contribution in [3.8, 4) is 11.5 Å². The van der Waals surface area contributed by atoms with Crippen molar-refractivity contribution in [1.29, 1.82) is 0 Å². The zero-order valence-electron chi connectivity index (χ0n) is 12.3. The molecule has 0 aliphatic carbocycles. The van der Waals surface area contributed by atoms with Crippen molar-refractivity contribution in [2.24, 2.45) is 0 Å². The highest BCUT2D eigenvalue weighted by atomic mass is 32.2. The van der Waals surface area contributed by atoms with E-state index in [0.717, 1.165) is 25.3 Å². The maximum atomic E-state index is 12.3. The predicted molar refractivity (Wildman–Crippen MR) is 80.7 cm³/mol. The number of hydrogen-bond donors (Lipinski definition) is 2. The maximum absolute atomic E-state index is 12.3. The molecule has 2 aromatic rings. The SMILES string of the molecule is COC(=O)c1ccccc1OS(=O)(=O)c1ccc(O)c(C(=O)O)c1. The van der Waals surface area contributed by atoms with Gasteiger partial charge in [0.15, 0.2) is 5.75 Å². The molecule has 2 aromatic carbocycles. The standard InChI is InChI=1S/C15H12O8S/c1-22-15(19)10-4-2-3-5-13(10)23-24(20,21)9-6-7-12(16)11(8-9)14(17)18/h2-8,16H,1H3,(H,17,18). The lowest BCUT2D eigenvalue weighted by Crippen LogP contribution is -2.13. The lowest BCUT2D eigenvalue weighted by Gasteiger charge is -2.11. The molecule has 0 heterocycles. The van der Waals surface area contributed by atoms with E-state index in [0.29, 0.717) is 0 Å². The molecule has 0 aliphatic heterocycles. The molecule has 0 aliphatic rings. The summed E-state index contributed by atoms with van der Waals surface area (Å²) in [5.74, 6) is -3.15. The van der Waals surface area contributed by atoms with Crippen molar-refractivity contribution >= 4 is 22.1 Å². The molecule has 0 amide bonds. The number of rotatable bonds is 5. The van der Waals surface area contributed by atoms with Gasteiger partial charge >= 0.3 is 22.1 Å². The number of aromatic hydroxyl groups is 1. The minimum Gasteiger partial charge on any atom is -0.507 e. The second-order valence-corrected chi connectivity index (χ2v) is 6.06. The summed E-state index contributed by atoms with van der Waals surface area (Å²) in [7, 11) is -3.30. The van der Waals surface area contributed by atoms with Crippen molar-refractivity contribution in [2.45, 2.75) is 4.90 Å². The Morgan fingerprint density at radius 1 is 1.04 bits per heavy atom. The van der Waals surface area contributed by atoms with Gasteiger partial charge in [0, 0.05) is 0 Å². The Labute approximate surface area is 137 Å². The van der Waals surface area contributed by atoms with Crippen LogP contribution in [0.25, 0.3) is 0 Å². The van der Waals surface area contributed by atoms with Crippen LogP contribution >= 0.6 is 0 Å². The van der Waals surface area contributed by atoms with Gasteiger partial charge in [-0.05, 0) is 30.3 Å². The van der Waals surface area contributed by atoms with Crippen LogP contribution in [0, 0.1) is 0 Å². The summed E-state index contributed by atoms with van der Waals surface area (Å²) in [6.07, 6.45) is 0. The smallest absolute Gasteiger partial charge is 0.341 e. The summed E-state index contributed by atoms with van der Waals surface area (Å²) >= 11 is 0. The Morgan fingerprint density at radius 2 is 1.71 bits per heavy atom. The van der Waals surface area contributed by atoms with Gasteiger partial charge in [-0.25, -0.2) is 9.59 Å². The number of carbonyl (C=O) groups is 2. The van der Waals surface area contributed by atoms with Crippen molar-refractivity contribution in [3.05, 3.63) is 53.6 Å². The molecule has 0 atom stereocenters. The number of aromatic carboxylic acids is 1. The molecule has 24 heavy (non-hydrogen) atoms. The number of hydrogen-bond acceptors (Lipinski definition) is 7. The number of carbonyl (C=O) groups excluding carboxylic acids is 1. The van der Waals surface area contributed by atoms with E-state index in [4.69, 9.17) is 9.29 Å². The van der Waals surface area contributed by atoms with Crippen molar-refractivity contribution in [3.63, 3.8) is 0 Å². The number of para-hydroxylation sites is 1. The van der Waals surface area contributed by atoms with Gasteiger partial charge in [0.2, 0.25) is 0 Å². The highest BCUT2D eigenvalue weighted by Gasteiger charge is 2.23. The second kappa shape index (κ2) is 6.59. The third kappa shape index (κ3) is 3.46. The fraction of sp³-hybridized carbons (Fsp3) is 0.0667.